The molecule has 2 rings (SSSR count). The van der Waals surface area contributed by atoms with Crippen LogP contribution in [0, 0.1) is 6.08 Å². The fourth-order valence-corrected chi connectivity index (χ4v) is 2.75. The number of carbonyl (C=O) groups is 1. The molecular weight excluding hydrogens is 248 g/mol. The van der Waals surface area contributed by atoms with Gasteiger partial charge in [0.25, 0.3) is 0 Å². The van der Waals surface area contributed by atoms with Crippen LogP contribution < -0.4 is 0 Å². The zero-order chi connectivity index (χ0) is 13.0. The van der Waals surface area contributed by atoms with Gasteiger partial charge >= 0.3 is 0 Å². The summed E-state index contributed by atoms with van der Waals surface area (Å²) in [6, 6.07) is 8.40. The Morgan fingerprint density at radius 2 is 1.89 bits per heavy atom. The number of hydrogen-bond acceptors (Lipinski definition) is 3. The number of hydrogen-bond donors (Lipinski definition) is 0. The zero-order valence-corrected chi connectivity index (χ0v) is 10.4. The van der Waals surface area contributed by atoms with Crippen molar-refractivity contribution in [3.05, 3.63) is 71.2 Å². The minimum atomic E-state index is -3.59. The molecule has 0 spiro atoms. The normalized spacial score (nSPS) is 13.9. The highest BCUT2D eigenvalue weighted by molar-refractivity contribution is 7.96. The van der Waals surface area contributed by atoms with Gasteiger partial charge in [-0.25, -0.2) is 8.42 Å². The Morgan fingerprint density at radius 1 is 1.17 bits per heavy atom. The van der Waals surface area contributed by atoms with Crippen molar-refractivity contribution in [1.29, 1.82) is 0 Å². The van der Waals surface area contributed by atoms with Gasteiger partial charge in [0.2, 0.25) is 9.84 Å². The van der Waals surface area contributed by atoms with E-state index in [1.54, 1.807) is 42.5 Å². The van der Waals surface area contributed by atoms with Gasteiger partial charge in [0.05, 0.1) is 6.08 Å². The summed E-state index contributed by atoms with van der Waals surface area (Å²) in [4.78, 5) is 12.0. The molecule has 0 saturated carbocycles. The van der Waals surface area contributed by atoms with E-state index in [1.807, 2.05) is 0 Å². The van der Waals surface area contributed by atoms with Crippen LogP contribution in [-0.4, -0.2) is 20.0 Å². The van der Waals surface area contributed by atoms with Crippen LogP contribution >= 0.6 is 0 Å². The number of carbonyl (C=O) groups excluding carboxylic acids is 1. The predicted octanol–water partition coefficient (Wildman–Crippen LogP) is 2.10. The second-order valence-corrected chi connectivity index (χ2v) is 5.78. The Kier molecular flexibility index (Phi) is 3.51. The average Bonchev–Trinajstić information content (AvgIpc) is 2.40. The SMILES string of the molecule is O=C(CS(=O)(=O)C1=CC=C[C+]=C1)c1ccccc1. The fourth-order valence-electron chi connectivity index (χ4n) is 1.53. The molecule has 0 bridgehead atoms. The summed E-state index contributed by atoms with van der Waals surface area (Å²) >= 11 is 0. The zero-order valence-electron chi connectivity index (χ0n) is 9.54. The molecule has 18 heavy (non-hydrogen) atoms. The summed E-state index contributed by atoms with van der Waals surface area (Å²) < 4.78 is 24.0. The van der Waals surface area contributed by atoms with Gasteiger partial charge in [-0.3, -0.25) is 4.79 Å². The number of Topliss-reactive ketones (excluding diaryl/α,β-unsaturated/α-hetero) is 1. The van der Waals surface area contributed by atoms with Crippen molar-refractivity contribution < 1.29 is 13.2 Å². The minimum absolute atomic E-state index is 0.120. The third-order valence-corrected chi connectivity index (χ3v) is 4.07. The van der Waals surface area contributed by atoms with Crippen LogP contribution in [0.15, 0.2) is 59.5 Å². The number of ketones is 1. The van der Waals surface area contributed by atoms with Crippen LogP contribution in [-0.2, 0) is 9.84 Å². The van der Waals surface area contributed by atoms with Crippen molar-refractivity contribution in [1.82, 2.24) is 0 Å². The Hall–Kier alpha value is -2.03. The van der Waals surface area contributed by atoms with Gasteiger partial charge in [-0.05, 0) is 0 Å². The van der Waals surface area contributed by atoms with Crippen molar-refractivity contribution in [3.63, 3.8) is 0 Å². The third kappa shape index (κ3) is 2.80. The second-order valence-electron chi connectivity index (χ2n) is 3.79. The van der Waals surface area contributed by atoms with Gasteiger partial charge in [-0.15, -0.1) is 0 Å². The number of sulfone groups is 1. The van der Waals surface area contributed by atoms with Gasteiger partial charge in [-0.2, -0.15) is 0 Å². The molecule has 1 aliphatic rings. The van der Waals surface area contributed by atoms with Gasteiger partial charge in [0, 0.05) is 17.7 Å². The molecule has 0 fully saturated rings. The first-order valence-electron chi connectivity index (χ1n) is 5.37. The Labute approximate surface area is 106 Å². The van der Waals surface area contributed by atoms with Crippen LogP contribution in [0.5, 0.6) is 0 Å². The fraction of sp³-hybridized carbons (Fsp3) is 0.0714. The van der Waals surface area contributed by atoms with E-state index in [2.05, 4.69) is 6.08 Å². The lowest BCUT2D eigenvalue weighted by molar-refractivity contribution is 0.102. The van der Waals surface area contributed by atoms with E-state index in [9.17, 15) is 13.2 Å². The maximum atomic E-state index is 12.0. The van der Waals surface area contributed by atoms with Crippen molar-refractivity contribution in [3.8, 4) is 0 Å². The molecule has 0 radical (unpaired) electrons. The number of allylic oxidation sites excluding steroid dienone is 5. The van der Waals surface area contributed by atoms with Gasteiger partial charge in [-0.1, -0.05) is 30.3 Å². The van der Waals surface area contributed by atoms with Crippen molar-refractivity contribution >= 4 is 15.6 Å². The van der Waals surface area contributed by atoms with E-state index in [0.717, 1.165) is 0 Å². The lowest BCUT2D eigenvalue weighted by atomic mass is 10.2. The summed E-state index contributed by atoms with van der Waals surface area (Å²) in [5, 5.41) is 0. The second kappa shape index (κ2) is 5.08. The molecule has 1 aromatic rings. The number of benzene rings is 1. The van der Waals surface area contributed by atoms with E-state index in [1.165, 1.54) is 12.2 Å². The van der Waals surface area contributed by atoms with Crippen LogP contribution in [0.4, 0.5) is 0 Å². The van der Waals surface area contributed by atoms with Gasteiger partial charge in [0.15, 0.2) is 10.7 Å². The molecule has 3 nitrogen and oxygen atoms in total. The first kappa shape index (κ1) is 12.4. The highest BCUT2D eigenvalue weighted by atomic mass is 32.2. The quantitative estimate of drug-likeness (QED) is 0.614. The van der Waals surface area contributed by atoms with Crippen LogP contribution in [0.1, 0.15) is 10.4 Å². The maximum absolute atomic E-state index is 12.0. The van der Waals surface area contributed by atoms with Gasteiger partial charge < -0.3 is 0 Å². The summed E-state index contributed by atoms with van der Waals surface area (Å²) in [5.74, 6) is -0.922. The van der Waals surface area contributed by atoms with E-state index < -0.39 is 21.4 Å². The van der Waals surface area contributed by atoms with Crippen LogP contribution in [0.2, 0.25) is 0 Å². The Bertz CT molecular complexity index is 635. The molecule has 0 heterocycles. The molecule has 0 saturated heterocycles. The molecule has 4 heteroatoms. The van der Waals surface area contributed by atoms with Crippen molar-refractivity contribution in [2.75, 3.05) is 5.75 Å². The molecule has 0 N–H and O–H groups in total. The van der Waals surface area contributed by atoms with Crippen molar-refractivity contribution in [2.45, 2.75) is 0 Å². The predicted molar refractivity (Wildman–Crippen MR) is 69.6 cm³/mol. The van der Waals surface area contributed by atoms with Crippen molar-refractivity contribution in [2.24, 2.45) is 0 Å². The molecular formula is C14H11O3S+. The summed E-state index contributed by atoms with van der Waals surface area (Å²) in [6.45, 7) is 0. The van der Waals surface area contributed by atoms with Crippen LogP contribution in [0.3, 0.4) is 0 Å². The monoisotopic (exact) mass is 259 g/mol. The molecule has 0 aromatic heterocycles. The lowest BCUT2D eigenvalue weighted by Gasteiger charge is -2.01. The lowest BCUT2D eigenvalue weighted by Crippen LogP contribution is -2.17. The third-order valence-electron chi connectivity index (χ3n) is 2.45. The maximum Gasteiger partial charge on any atom is 0.231 e. The molecule has 0 atom stereocenters. The molecule has 0 amide bonds. The van der Waals surface area contributed by atoms with E-state index in [0.29, 0.717) is 5.56 Å². The Balaban J connectivity index is 2.20. The summed E-state index contributed by atoms with van der Waals surface area (Å²) in [5.41, 5.74) is 0.404. The molecule has 90 valence electrons. The number of rotatable bonds is 4. The van der Waals surface area contributed by atoms with E-state index >= 15 is 0 Å². The standard InChI is InChI=1S/C14H11O3S/c15-14(12-7-3-1-4-8-12)11-18(16,17)13-9-5-2-6-10-13/h1-5,7-10H,11H2/q+1. The molecule has 0 aliphatic heterocycles. The van der Waals surface area contributed by atoms with Gasteiger partial charge in [0.1, 0.15) is 17.9 Å². The Morgan fingerprint density at radius 3 is 2.50 bits per heavy atom. The highest BCUT2D eigenvalue weighted by Crippen LogP contribution is 2.14. The first-order valence-corrected chi connectivity index (χ1v) is 7.02. The summed E-state index contributed by atoms with van der Waals surface area (Å²) in [6.07, 6.45) is 8.71. The highest BCUT2D eigenvalue weighted by Gasteiger charge is 2.26. The minimum Gasteiger partial charge on any atom is -0.293 e. The van der Waals surface area contributed by atoms with E-state index in [4.69, 9.17) is 0 Å². The smallest absolute Gasteiger partial charge is 0.231 e. The summed E-state index contributed by atoms with van der Waals surface area (Å²) in [7, 11) is -3.59. The molecule has 1 aromatic carbocycles. The van der Waals surface area contributed by atoms with E-state index in [-0.39, 0.29) is 4.91 Å². The molecule has 0 unspecified atom stereocenters. The topological polar surface area (TPSA) is 51.2 Å². The average molecular weight is 259 g/mol. The molecule has 1 aliphatic carbocycles. The first-order chi connectivity index (χ1) is 8.59. The largest absolute Gasteiger partial charge is 0.293 e. The van der Waals surface area contributed by atoms with Crippen LogP contribution in [0.25, 0.3) is 0 Å².